The van der Waals surface area contributed by atoms with Gasteiger partial charge < -0.3 is 9.72 Å². The van der Waals surface area contributed by atoms with Crippen molar-refractivity contribution >= 4 is 38.2 Å². The number of H-pyrrole nitrogens is 1. The van der Waals surface area contributed by atoms with Crippen LogP contribution in [0.3, 0.4) is 0 Å². The van der Waals surface area contributed by atoms with E-state index in [1.807, 2.05) is 6.07 Å². The number of aromatic amines is 1. The Morgan fingerprint density at radius 1 is 1.35 bits per heavy atom. The van der Waals surface area contributed by atoms with Crippen molar-refractivity contribution < 1.29 is 13.2 Å². The first-order chi connectivity index (χ1) is 12.5. The lowest BCUT2D eigenvalue weighted by atomic mass is 10.2. The first-order valence-electron chi connectivity index (χ1n) is 8.40. The average Bonchev–Trinajstić information content (AvgIpc) is 3.23. The second-order valence-electron chi connectivity index (χ2n) is 5.88. The van der Waals surface area contributed by atoms with Crippen molar-refractivity contribution in [3.63, 3.8) is 0 Å². The zero-order chi connectivity index (χ0) is 18.6. The van der Waals surface area contributed by atoms with Crippen molar-refractivity contribution in [1.29, 1.82) is 0 Å². The van der Waals surface area contributed by atoms with Crippen LogP contribution < -0.4 is 4.72 Å². The standard InChI is InChI=1S/C17H21ClN4O3S/c1-2-8-25-9-4-7-22-12-13(10-20-22)26(23,24)21-16-6-3-5-14-15(18)11-19-17(14)16/h3,5-6,10-12,19,21H,2,4,7-9H2,1H3. The van der Waals surface area contributed by atoms with Gasteiger partial charge in [0.2, 0.25) is 0 Å². The fourth-order valence-corrected chi connectivity index (χ4v) is 3.83. The van der Waals surface area contributed by atoms with Gasteiger partial charge in [-0.1, -0.05) is 30.7 Å². The summed E-state index contributed by atoms with van der Waals surface area (Å²) in [5.74, 6) is 0. The van der Waals surface area contributed by atoms with Crippen LogP contribution >= 0.6 is 11.6 Å². The van der Waals surface area contributed by atoms with E-state index < -0.39 is 10.0 Å². The molecule has 0 radical (unpaired) electrons. The van der Waals surface area contributed by atoms with E-state index in [2.05, 4.69) is 21.7 Å². The maximum atomic E-state index is 12.6. The molecule has 0 aliphatic carbocycles. The molecule has 140 valence electrons. The third-order valence-electron chi connectivity index (χ3n) is 3.85. The van der Waals surface area contributed by atoms with E-state index in [1.54, 1.807) is 23.0 Å². The number of rotatable bonds is 9. The molecular formula is C17H21ClN4O3S. The number of sulfonamides is 1. The first-order valence-corrected chi connectivity index (χ1v) is 10.3. The molecule has 2 heterocycles. The lowest BCUT2D eigenvalue weighted by molar-refractivity contribution is 0.128. The Kier molecular flexibility index (Phi) is 5.85. The summed E-state index contributed by atoms with van der Waals surface area (Å²) in [5.41, 5.74) is 1.08. The van der Waals surface area contributed by atoms with Gasteiger partial charge in [0, 0.05) is 37.5 Å². The Balaban J connectivity index is 1.70. The van der Waals surface area contributed by atoms with Crippen LogP contribution in [0.1, 0.15) is 19.8 Å². The average molecular weight is 397 g/mol. The van der Waals surface area contributed by atoms with Gasteiger partial charge in [-0.3, -0.25) is 9.40 Å². The summed E-state index contributed by atoms with van der Waals surface area (Å²) in [5, 5.41) is 5.42. The summed E-state index contributed by atoms with van der Waals surface area (Å²) >= 11 is 6.08. The Hall–Kier alpha value is -2.03. The monoisotopic (exact) mass is 396 g/mol. The lowest BCUT2D eigenvalue weighted by Gasteiger charge is -2.07. The van der Waals surface area contributed by atoms with E-state index in [1.165, 1.54) is 12.4 Å². The molecular weight excluding hydrogens is 376 g/mol. The van der Waals surface area contributed by atoms with E-state index in [-0.39, 0.29) is 4.90 Å². The van der Waals surface area contributed by atoms with E-state index in [4.69, 9.17) is 16.3 Å². The van der Waals surface area contributed by atoms with E-state index in [0.717, 1.165) is 24.8 Å². The maximum Gasteiger partial charge on any atom is 0.265 e. The Morgan fingerprint density at radius 3 is 3.00 bits per heavy atom. The summed E-state index contributed by atoms with van der Waals surface area (Å²) in [6, 6.07) is 5.26. The molecule has 0 saturated heterocycles. The van der Waals surface area contributed by atoms with Gasteiger partial charge in [-0.05, 0) is 18.9 Å². The normalized spacial score (nSPS) is 11.9. The predicted molar refractivity (Wildman–Crippen MR) is 102 cm³/mol. The zero-order valence-electron chi connectivity index (χ0n) is 14.4. The van der Waals surface area contributed by atoms with Crippen LogP contribution in [-0.2, 0) is 21.3 Å². The second-order valence-corrected chi connectivity index (χ2v) is 7.96. The molecule has 0 aliphatic rings. The molecule has 0 unspecified atom stereocenters. The number of hydrogen-bond donors (Lipinski definition) is 2. The smallest absolute Gasteiger partial charge is 0.265 e. The van der Waals surface area contributed by atoms with Gasteiger partial charge in [-0.25, -0.2) is 8.42 Å². The third-order valence-corrected chi connectivity index (χ3v) is 5.49. The third kappa shape index (κ3) is 4.20. The number of hydrogen-bond acceptors (Lipinski definition) is 4. The van der Waals surface area contributed by atoms with Gasteiger partial charge in [0.15, 0.2) is 0 Å². The van der Waals surface area contributed by atoms with Gasteiger partial charge in [0.05, 0.1) is 22.4 Å². The number of ether oxygens (including phenoxy) is 1. The molecule has 3 aromatic rings. The van der Waals surface area contributed by atoms with Crippen molar-refractivity contribution in [3.05, 3.63) is 41.8 Å². The molecule has 7 nitrogen and oxygen atoms in total. The zero-order valence-corrected chi connectivity index (χ0v) is 16.0. The molecule has 26 heavy (non-hydrogen) atoms. The highest BCUT2D eigenvalue weighted by Gasteiger charge is 2.18. The molecule has 0 saturated carbocycles. The van der Waals surface area contributed by atoms with Crippen LogP contribution in [0.5, 0.6) is 0 Å². The largest absolute Gasteiger partial charge is 0.381 e. The van der Waals surface area contributed by atoms with Gasteiger partial charge in [0.25, 0.3) is 10.0 Å². The summed E-state index contributed by atoms with van der Waals surface area (Å²) in [6.45, 7) is 4.01. The molecule has 2 aromatic heterocycles. The maximum absolute atomic E-state index is 12.6. The van der Waals surface area contributed by atoms with Crippen LogP contribution in [0.25, 0.3) is 10.9 Å². The van der Waals surface area contributed by atoms with Crippen LogP contribution in [0.2, 0.25) is 5.02 Å². The SMILES string of the molecule is CCCOCCCn1cc(S(=O)(=O)Nc2cccc3c(Cl)c[nH]c23)cn1. The van der Waals surface area contributed by atoms with E-state index in [0.29, 0.717) is 29.4 Å². The van der Waals surface area contributed by atoms with Crippen molar-refractivity contribution in [2.24, 2.45) is 0 Å². The molecule has 9 heteroatoms. The number of fused-ring (bicyclic) bond motifs is 1. The van der Waals surface area contributed by atoms with Crippen molar-refractivity contribution in [3.8, 4) is 0 Å². The molecule has 0 bridgehead atoms. The van der Waals surface area contributed by atoms with Crippen LogP contribution in [0.15, 0.2) is 41.7 Å². The molecule has 0 amide bonds. The van der Waals surface area contributed by atoms with Gasteiger partial charge in [-0.15, -0.1) is 0 Å². The molecule has 1 aromatic carbocycles. The lowest BCUT2D eigenvalue weighted by Crippen LogP contribution is -2.12. The molecule has 0 atom stereocenters. The second kappa shape index (κ2) is 8.11. The molecule has 0 fully saturated rings. The minimum absolute atomic E-state index is 0.113. The number of halogens is 1. The molecule has 0 aliphatic heterocycles. The number of anilines is 1. The van der Waals surface area contributed by atoms with Gasteiger partial charge in [0.1, 0.15) is 4.90 Å². The number of benzene rings is 1. The van der Waals surface area contributed by atoms with Crippen LogP contribution in [-0.4, -0.2) is 36.4 Å². The summed E-state index contributed by atoms with van der Waals surface area (Å²) < 4.78 is 34.9. The number of aromatic nitrogens is 3. The Bertz CT molecular complexity index is 981. The molecule has 2 N–H and O–H groups in total. The van der Waals surface area contributed by atoms with Crippen LogP contribution in [0, 0.1) is 0 Å². The minimum Gasteiger partial charge on any atom is -0.381 e. The number of para-hydroxylation sites is 1. The van der Waals surface area contributed by atoms with Gasteiger partial charge in [-0.2, -0.15) is 5.10 Å². The highest BCUT2D eigenvalue weighted by Crippen LogP contribution is 2.29. The van der Waals surface area contributed by atoms with Gasteiger partial charge >= 0.3 is 0 Å². The summed E-state index contributed by atoms with van der Waals surface area (Å²) in [6.07, 6.45) is 6.24. The fraction of sp³-hybridized carbons (Fsp3) is 0.353. The van der Waals surface area contributed by atoms with Crippen molar-refractivity contribution in [2.75, 3.05) is 17.9 Å². The number of nitrogens with zero attached hydrogens (tertiary/aromatic N) is 2. The first kappa shape index (κ1) is 18.8. The Labute approximate surface area is 157 Å². The van der Waals surface area contributed by atoms with E-state index >= 15 is 0 Å². The van der Waals surface area contributed by atoms with Crippen molar-refractivity contribution in [1.82, 2.24) is 14.8 Å². The fourth-order valence-electron chi connectivity index (χ4n) is 2.59. The predicted octanol–water partition coefficient (Wildman–Crippen LogP) is 3.64. The van der Waals surface area contributed by atoms with Crippen molar-refractivity contribution in [2.45, 2.75) is 31.2 Å². The highest BCUT2D eigenvalue weighted by molar-refractivity contribution is 7.92. The molecule has 0 spiro atoms. The summed E-state index contributed by atoms with van der Waals surface area (Å²) in [4.78, 5) is 3.10. The Morgan fingerprint density at radius 2 is 2.19 bits per heavy atom. The number of aryl methyl sites for hydroxylation is 1. The quantitative estimate of drug-likeness (QED) is 0.540. The topological polar surface area (TPSA) is 89.0 Å². The van der Waals surface area contributed by atoms with E-state index in [9.17, 15) is 8.42 Å². The minimum atomic E-state index is -3.74. The number of nitrogens with one attached hydrogen (secondary N) is 2. The molecule has 3 rings (SSSR count). The summed E-state index contributed by atoms with van der Waals surface area (Å²) in [7, 11) is -3.74. The van der Waals surface area contributed by atoms with Crippen LogP contribution in [0.4, 0.5) is 5.69 Å². The highest BCUT2D eigenvalue weighted by atomic mass is 35.5.